The molecule has 0 aromatic carbocycles. The van der Waals surface area contributed by atoms with Crippen LogP contribution in [0.25, 0.3) is 0 Å². The third kappa shape index (κ3) is 63.5. The highest BCUT2D eigenvalue weighted by molar-refractivity contribution is 6.32. The molecule has 0 heterocycles. The maximum atomic E-state index is 4.82. The van der Waals surface area contributed by atoms with Crippen molar-refractivity contribution in [2.75, 3.05) is 0 Å². The van der Waals surface area contributed by atoms with Crippen LogP contribution in [0.2, 0.25) is 6.55 Å². The number of hydrogen-bond donors (Lipinski definition) is 0. The maximum absolute atomic E-state index is 4.82. The van der Waals surface area contributed by atoms with E-state index in [1.54, 1.807) is 0 Å². The van der Waals surface area contributed by atoms with Gasteiger partial charge in [0.15, 0.2) is 0 Å². The van der Waals surface area contributed by atoms with Gasteiger partial charge < -0.3 is 4.12 Å². The molecule has 0 saturated heterocycles. The topological polar surface area (TPSA) is 9.23 Å². The molecule has 3 heteroatoms. The van der Waals surface area contributed by atoms with E-state index in [9.17, 15) is 0 Å². The van der Waals surface area contributed by atoms with Crippen LogP contribution in [-0.4, -0.2) is 20.2 Å². The SMILES string of the molecule is CCC.C[SiH2]O[SiH3]. The van der Waals surface area contributed by atoms with Gasteiger partial charge in [0.1, 0.15) is 20.2 Å². The smallest absolute Gasteiger partial charge is 0.142 e. The van der Waals surface area contributed by atoms with Crippen molar-refractivity contribution >= 4 is 20.2 Å². The second-order valence-electron chi connectivity index (χ2n) is 1.28. The minimum atomic E-state index is -0.0139. The van der Waals surface area contributed by atoms with Gasteiger partial charge in [-0.15, -0.1) is 0 Å². The van der Waals surface area contributed by atoms with Crippen LogP contribution >= 0.6 is 0 Å². The van der Waals surface area contributed by atoms with Crippen molar-refractivity contribution in [3.8, 4) is 0 Å². The van der Waals surface area contributed by atoms with Crippen molar-refractivity contribution in [2.45, 2.75) is 26.8 Å². The first-order chi connectivity index (χ1) is 3.33. The van der Waals surface area contributed by atoms with Crippen molar-refractivity contribution in [1.82, 2.24) is 0 Å². The highest BCUT2D eigenvalue weighted by Crippen LogP contribution is 1.56. The van der Waals surface area contributed by atoms with Gasteiger partial charge in [-0.05, 0) is 0 Å². The summed E-state index contributed by atoms with van der Waals surface area (Å²) in [5, 5.41) is 0. The molecule has 0 aliphatic carbocycles. The van der Waals surface area contributed by atoms with Crippen LogP contribution in [0, 0.1) is 0 Å². The molecule has 0 aliphatic heterocycles. The van der Waals surface area contributed by atoms with E-state index < -0.39 is 0 Å². The summed E-state index contributed by atoms with van der Waals surface area (Å²) in [4.78, 5) is 0. The predicted octanol–water partition coefficient (Wildman–Crippen LogP) is -0.168. The Balaban J connectivity index is 0. The first kappa shape index (κ1) is 10.4. The van der Waals surface area contributed by atoms with Gasteiger partial charge in [0.05, 0.1) is 0 Å². The van der Waals surface area contributed by atoms with Gasteiger partial charge in [-0.1, -0.05) is 26.8 Å². The average Bonchev–Trinajstić information content (AvgIpc) is 1.69. The van der Waals surface area contributed by atoms with Crippen molar-refractivity contribution in [3.05, 3.63) is 0 Å². The fourth-order valence-electron chi connectivity index (χ4n) is 0. The summed E-state index contributed by atoms with van der Waals surface area (Å²) in [6, 6.07) is 0. The molecule has 0 aromatic rings. The van der Waals surface area contributed by atoms with Gasteiger partial charge in [-0.2, -0.15) is 0 Å². The lowest BCUT2D eigenvalue weighted by molar-refractivity contribution is 0.671. The van der Waals surface area contributed by atoms with Crippen molar-refractivity contribution in [3.63, 3.8) is 0 Å². The quantitative estimate of drug-likeness (QED) is 0.455. The molecule has 0 atom stereocenters. The molecule has 0 aliphatic rings. The molecule has 0 aromatic heterocycles. The molecule has 1 nitrogen and oxygen atoms in total. The normalized spacial score (nSPS) is 9.00. The Bertz CT molecular complexity index is 17.2. The molecule has 0 fully saturated rings. The summed E-state index contributed by atoms with van der Waals surface area (Å²) in [7, 11) is 0.938. The molecular formula is C4H16OSi2. The highest BCUT2D eigenvalue weighted by Gasteiger charge is 1.54. The lowest BCUT2D eigenvalue weighted by atomic mass is 10.6. The zero-order valence-corrected chi connectivity index (χ0v) is 9.24. The molecule has 0 unspecified atom stereocenters. The fourth-order valence-corrected chi connectivity index (χ4v) is 0. The third-order valence-electron chi connectivity index (χ3n) is 0.289. The molecule has 0 saturated carbocycles. The van der Waals surface area contributed by atoms with Gasteiger partial charge in [-0.3, -0.25) is 0 Å². The Morgan fingerprint density at radius 1 is 1.57 bits per heavy atom. The largest absolute Gasteiger partial charge is 0.468 e. The summed E-state index contributed by atoms with van der Waals surface area (Å²) in [6.07, 6.45) is 1.25. The molecule has 0 amide bonds. The van der Waals surface area contributed by atoms with E-state index in [1.165, 1.54) is 6.42 Å². The standard InChI is InChI=1S/C3H8.CH8OSi2/c1-3-2;1-4-2-3/h3H2,1-2H3;4H2,1,3H3. The minimum absolute atomic E-state index is 0.0139. The van der Waals surface area contributed by atoms with Gasteiger partial charge in [0, 0.05) is 0 Å². The van der Waals surface area contributed by atoms with E-state index in [0.29, 0.717) is 0 Å². The lowest BCUT2D eigenvalue weighted by Crippen LogP contribution is -1.82. The molecule has 0 N–H and O–H groups in total. The Hall–Kier alpha value is 0.394. The van der Waals surface area contributed by atoms with E-state index >= 15 is 0 Å². The molecule has 0 radical (unpaired) electrons. The van der Waals surface area contributed by atoms with Gasteiger partial charge >= 0.3 is 0 Å². The average molecular weight is 136 g/mol. The van der Waals surface area contributed by atoms with Crippen LogP contribution in [0.15, 0.2) is 0 Å². The van der Waals surface area contributed by atoms with Crippen LogP contribution in [-0.2, 0) is 4.12 Å². The predicted molar refractivity (Wildman–Crippen MR) is 41.4 cm³/mol. The van der Waals surface area contributed by atoms with Crippen LogP contribution < -0.4 is 0 Å². The summed E-state index contributed by atoms with van der Waals surface area (Å²) in [5.41, 5.74) is 0. The van der Waals surface area contributed by atoms with Crippen LogP contribution in [0.4, 0.5) is 0 Å². The molecule has 7 heavy (non-hydrogen) atoms. The summed E-state index contributed by atoms with van der Waals surface area (Å²) in [6.45, 7) is 6.38. The van der Waals surface area contributed by atoms with E-state index in [0.717, 1.165) is 10.5 Å². The molecular weight excluding hydrogens is 120 g/mol. The second kappa shape index (κ2) is 16.2. The first-order valence-electron chi connectivity index (χ1n) is 2.82. The minimum Gasteiger partial charge on any atom is -0.468 e. The number of hydrogen-bond acceptors (Lipinski definition) is 1. The summed E-state index contributed by atoms with van der Waals surface area (Å²) < 4.78 is 4.82. The Morgan fingerprint density at radius 2 is 1.71 bits per heavy atom. The molecule has 0 spiro atoms. The van der Waals surface area contributed by atoms with E-state index in [2.05, 4.69) is 20.4 Å². The van der Waals surface area contributed by atoms with E-state index in [4.69, 9.17) is 4.12 Å². The fraction of sp³-hybridized carbons (Fsp3) is 1.00. The van der Waals surface area contributed by atoms with Crippen molar-refractivity contribution in [2.24, 2.45) is 0 Å². The second-order valence-corrected chi connectivity index (χ2v) is 4.17. The van der Waals surface area contributed by atoms with Crippen molar-refractivity contribution in [1.29, 1.82) is 0 Å². The van der Waals surface area contributed by atoms with Crippen LogP contribution in [0.3, 0.4) is 0 Å². The Kier molecular flexibility index (Phi) is 24.0. The van der Waals surface area contributed by atoms with Crippen LogP contribution in [0.5, 0.6) is 0 Å². The van der Waals surface area contributed by atoms with E-state index in [-0.39, 0.29) is 9.76 Å². The van der Waals surface area contributed by atoms with Gasteiger partial charge in [-0.25, -0.2) is 0 Å². The van der Waals surface area contributed by atoms with E-state index in [1.807, 2.05) is 0 Å². The summed E-state index contributed by atoms with van der Waals surface area (Å²) >= 11 is 0. The Morgan fingerprint density at radius 3 is 1.71 bits per heavy atom. The van der Waals surface area contributed by atoms with Crippen molar-refractivity contribution < 1.29 is 4.12 Å². The zero-order valence-electron chi connectivity index (χ0n) is 5.82. The maximum Gasteiger partial charge on any atom is 0.142 e. The zero-order chi connectivity index (χ0) is 6.12. The van der Waals surface area contributed by atoms with Gasteiger partial charge in [0.25, 0.3) is 0 Å². The Labute approximate surface area is 51.9 Å². The molecule has 46 valence electrons. The monoisotopic (exact) mass is 136 g/mol. The number of rotatable bonds is 1. The third-order valence-corrected chi connectivity index (χ3v) is 2.60. The molecule has 0 rings (SSSR count). The van der Waals surface area contributed by atoms with Gasteiger partial charge in [0.2, 0.25) is 0 Å². The first-order valence-corrected chi connectivity index (χ1v) is 5.63. The molecule has 0 bridgehead atoms. The summed E-state index contributed by atoms with van der Waals surface area (Å²) in [5.74, 6) is 0. The lowest BCUT2D eigenvalue weighted by Gasteiger charge is -1.76. The highest BCUT2D eigenvalue weighted by atomic mass is 28.3. The van der Waals surface area contributed by atoms with Crippen LogP contribution in [0.1, 0.15) is 20.3 Å².